The molecule has 0 saturated heterocycles. The van der Waals surface area contributed by atoms with Crippen molar-refractivity contribution in [2.75, 3.05) is 13.7 Å². The first-order valence-electron chi connectivity index (χ1n) is 8.22. The highest BCUT2D eigenvalue weighted by Gasteiger charge is 2.21. The van der Waals surface area contributed by atoms with Gasteiger partial charge in [-0.1, -0.05) is 29.6 Å². The van der Waals surface area contributed by atoms with Gasteiger partial charge in [-0.2, -0.15) is 4.79 Å². The molecule has 1 aromatic heterocycles. The minimum atomic E-state index is -0.428. The Morgan fingerprint density at radius 3 is 2.50 bits per heavy atom. The zero-order valence-electron chi connectivity index (χ0n) is 14.5. The zero-order valence-corrected chi connectivity index (χ0v) is 14.5. The summed E-state index contributed by atoms with van der Waals surface area (Å²) in [7, 11) is 1.52. The maximum absolute atomic E-state index is 15.1. The number of aldehydes is 1. The molecule has 0 aliphatic carbocycles. The number of hydrogen-bond donors (Lipinski definition) is 0. The number of hydrogen-bond acceptors (Lipinski definition) is 4. The number of ether oxygens (including phenoxy) is 2. The molecular formula is C20H18FNO4. The van der Waals surface area contributed by atoms with E-state index in [1.165, 1.54) is 13.2 Å². The SMILES string of the molecule is CCCOc1cccc2c(=O)c(-c3ccc(OC)cc3)c(C=O)n(F)c12. The predicted molar refractivity (Wildman–Crippen MR) is 97.9 cm³/mol. The Morgan fingerprint density at radius 1 is 1.15 bits per heavy atom. The van der Waals surface area contributed by atoms with E-state index in [0.717, 1.165) is 6.42 Å². The van der Waals surface area contributed by atoms with E-state index < -0.39 is 5.43 Å². The van der Waals surface area contributed by atoms with E-state index in [1.807, 2.05) is 6.92 Å². The topological polar surface area (TPSA) is 57.5 Å². The third-order valence-corrected chi connectivity index (χ3v) is 4.09. The normalized spacial score (nSPS) is 10.7. The van der Waals surface area contributed by atoms with Gasteiger partial charge in [0.15, 0.2) is 11.7 Å². The number of para-hydroxylation sites is 1. The fourth-order valence-corrected chi connectivity index (χ4v) is 2.85. The number of halogens is 1. The van der Waals surface area contributed by atoms with Crippen molar-refractivity contribution in [2.24, 2.45) is 0 Å². The molecule has 2 aromatic carbocycles. The molecule has 0 fully saturated rings. The van der Waals surface area contributed by atoms with Crippen LogP contribution in [0.3, 0.4) is 0 Å². The summed E-state index contributed by atoms with van der Waals surface area (Å²) in [6, 6.07) is 11.3. The van der Waals surface area contributed by atoms with Gasteiger partial charge in [-0.3, -0.25) is 9.59 Å². The van der Waals surface area contributed by atoms with E-state index in [4.69, 9.17) is 9.47 Å². The Morgan fingerprint density at radius 2 is 1.88 bits per heavy atom. The van der Waals surface area contributed by atoms with Gasteiger partial charge < -0.3 is 9.47 Å². The summed E-state index contributed by atoms with van der Waals surface area (Å²) in [5.41, 5.74) is -0.370. The number of carbonyl (C=O) groups is 1. The van der Waals surface area contributed by atoms with Crippen LogP contribution >= 0.6 is 0 Å². The molecule has 0 aliphatic rings. The molecule has 0 atom stereocenters. The third-order valence-electron chi connectivity index (χ3n) is 4.09. The van der Waals surface area contributed by atoms with Crippen LogP contribution in [0, 0.1) is 0 Å². The summed E-state index contributed by atoms with van der Waals surface area (Å²) in [4.78, 5) is 24.8. The molecule has 0 spiro atoms. The average Bonchev–Trinajstić information content (AvgIpc) is 2.68. The summed E-state index contributed by atoms with van der Waals surface area (Å²) in [6.45, 7) is 2.30. The standard InChI is InChI=1S/C20H18FNO4/c1-3-11-26-17-6-4-5-15-19(17)22(21)16(12-23)18(20(15)24)13-7-9-14(25-2)10-8-13/h4-10,12H,3,11H2,1-2H3. The van der Waals surface area contributed by atoms with Crippen molar-refractivity contribution in [3.05, 3.63) is 58.4 Å². The number of aromatic nitrogens is 1. The fraction of sp³-hybridized carbons (Fsp3) is 0.200. The second kappa shape index (κ2) is 7.39. The van der Waals surface area contributed by atoms with Crippen LogP contribution in [-0.4, -0.2) is 24.8 Å². The number of methoxy groups -OCH3 is 1. The molecule has 0 N–H and O–H groups in total. The Kier molecular flexibility index (Phi) is 5.02. The molecule has 0 radical (unpaired) electrons. The molecule has 0 aliphatic heterocycles. The van der Waals surface area contributed by atoms with Gasteiger partial charge in [-0.05, 0) is 36.2 Å². The Balaban J connectivity index is 2.32. The maximum Gasteiger partial charge on any atom is 0.198 e. The lowest BCUT2D eigenvalue weighted by molar-refractivity contribution is 0.110. The lowest BCUT2D eigenvalue weighted by atomic mass is 10.0. The molecule has 0 amide bonds. The van der Waals surface area contributed by atoms with Crippen molar-refractivity contribution in [1.82, 2.24) is 4.79 Å². The highest BCUT2D eigenvalue weighted by atomic mass is 19.2. The average molecular weight is 355 g/mol. The van der Waals surface area contributed by atoms with Gasteiger partial charge in [0.2, 0.25) is 0 Å². The van der Waals surface area contributed by atoms with Gasteiger partial charge >= 0.3 is 0 Å². The lowest BCUT2D eigenvalue weighted by Gasteiger charge is -2.14. The molecule has 5 nitrogen and oxygen atoms in total. The second-order valence-corrected chi connectivity index (χ2v) is 5.72. The third kappa shape index (κ3) is 2.94. The molecular weight excluding hydrogens is 337 g/mol. The highest BCUT2D eigenvalue weighted by Crippen LogP contribution is 2.30. The van der Waals surface area contributed by atoms with Crippen LogP contribution in [0.4, 0.5) is 4.48 Å². The van der Waals surface area contributed by atoms with Crippen LogP contribution in [0.1, 0.15) is 23.8 Å². The van der Waals surface area contributed by atoms with Gasteiger partial charge in [0.05, 0.1) is 24.7 Å². The predicted octanol–water partition coefficient (Wildman–Crippen LogP) is 4.01. The first kappa shape index (κ1) is 17.7. The molecule has 1 heterocycles. The van der Waals surface area contributed by atoms with E-state index >= 15 is 4.48 Å². The minimum absolute atomic E-state index is 0.00490. The maximum atomic E-state index is 15.1. The summed E-state index contributed by atoms with van der Waals surface area (Å²) < 4.78 is 25.7. The van der Waals surface area contributed by atoms with Gasteiger partial charge in [-0.15, -0.1) is 0 Å². The first-order valence-corrected chi connectivity index (χ1v) is 8.22. The molecule has 0 bridgehead atoms. The molecule has 0 unspecified atom stereocenters. The second-order valence-electron chi connectivity index (χ2n) is 5.72. The number of rotatable bonds is 6. The van der Waals surface area contributed by atoms with Crippen molar-refractivity contribution < 1.29 is 18.7 Å². The number of fused-ring (bicyclic) bond motifs is 1. The number of carbonyl (C=O) groups excluding carboxylic acids is 1. The van der Waals surface area contributed by atoms with Gasteiger partial charge in [-0.25, -0.2) is 0 Å². The zero-order chi connectivity index (χ0) is 18.7. The summed E-state index contributed by atoms with van der Waals surface area (Å²) >= 11 is 0. The van der Waals surface area contributed by atoms with Crippen LogP contribution < -0.4 is 14.9 Å². The summed E-state index contributed by atoms with van der Waals surface area (Å²) in [5.74, 6) is 0.825. The monoisotopic (exact) mass is 355 g/mol. The number of pyridine rings is 1. The van der Waals surface area contributed by atoms with Crippen molar-refractivity contribution in [2.45, 2.75) is 13.3 Å². The van der Waals surface area contributed by atoms with Gasteiger partial charge in [0.25, 0.3) is 0 Å². The van der Waals surface area contributed by atoms with Crippen molar-refractivity contribution in [1.29, 1.82) is 0 Å². The minimum Gasteiger partial charge on any atom is -0.497 e. The van der Waals surface area contributed by atoms with E-state index in [-0.39, 0.29) is 32.7 Å². The molecule has 26 heavy (non-hydrogen) atoms. The lowest BCUT2D eigenvalue weighted by Crippen LogP contribution is -2.15. The Hall–Kier alpha value is -3.15. The van der Waals surface area contributed by atoms with Gasteiger partial charge in [0.1, 0.15) is 22.7 Å². The van der Waals surface area contributed by atoms with E-state index in [2.05, 4.69) is 0 Å². The van der Waals surface area contributed by atoms with Crippen LogP contribution in [0.25, 0.3) is 22.0 Å². The van der Waals surface area contributed by atoms with E-state index in [0.29, 0.717) is 24.2 Å². The van der Waals surface area contributed by atoms with Crippen molar-refractivity contribution in [3.63, 3.8) is 0 Å². The molecule has 134 valence electrons. The molecule has 0 saturated carbocycles. The van der Waals surface area contributed by atoms with E-state index in [1.54, 1.807) is 36.4 Å². The number of benzene rings is 2. The van der Waals surface area contributed by atoms with Crippen LogP contribution in [0.15, 0.2) is 47.3 Å². The van der Waals surface area contributed by atoms with Crippen LogP contribution in [0.2, 0.25) is 0 Å². The smallest absolute Gasteiger partial charge is 0.198 e. The van der Waals surface area contributed by atoms with Crippen LogP contribution in [-0.2, 0) is 0 Å². The number of nitrogens with zero attached hydrogens (tertiary/aromatic N) is 1. The van der Waals surface area contributed by atoms with Crippen molar-refractivity contribution in [3.8, 4) is 22.6 Å². The van der Waals surface area contributed by atoms with E-state index in [9.17, 15) is 9.59 Å². The van der Waals surface area contributed by atoms with Crippen LogP contribution in [0.5, 0.6) is 11.5 Å². The first-order chi connectivity index (χ1) is 12.6. The Bertz CT molecular complexity index is 1010. The van der Waals surface area contributed by atoms with Crippen molar-refractivity contribution >= 4 is 17.2 Å². The molecule has 3 aromatic rings. The largest absolute Gasteiger partial charge is 0.497 e. The molecule has 6 heteroatoms. The quantitative estimate of drug-likeness (QED) is 0.627. The highest BCUT2D eigenvalue weighted by molar-refractivity contribution is 5.95. The van der Waals surface area contributed by atoms with Gasteiger partial charge in [0, 0.05) is 0 Å². The fourth-order valence-electron chi connectivity index (χ4n) is 2.85. The molecule has 3 rings (SSSR count). The Labute approximate surface area is 149 Å². The summed E-state index contributed by atoms with van der Waals surface area (Å²) in [6.07, 6.45) is 1.08. The summed E-state index contributed by atoms with van der Waals surface area (Å²) in [5, 5.41) is 0.150.